The Labute approximate surface area is 237 Å². The topological polar surface area (TPSA) is 108 Å². The quantitative estimate of drug-likeness (QED) is 0.283. The van der Waals surface area contributed by atoms with Crippen molar-refractivity contribution in [2.75, 3.05) is 41.1 Å². The molecule has 0 atom stereocenters. The monoisotopic (exact) mass is 610 g/mol. The summed E-state index contributed by atoms with van der Waals surface area (Å²) in [6.45, 7) is 2.40. The summed E-state index contributed by atoms with van der Waals surface area (Å²) >= 11 is 11.6. The van der Waals surface area contributed by atoms with Gasteiger partial charge in [-0.2, -0.15) is 13.2 Å². The first kappa shape index (κ1) is 26.8. The maximum atomic E-state index is 13.4. The van der Waals surface area contributed by atoms with Crippen molar-refractivity contribution in [3.8, 4) is 0 Å². The Morgan fingerprint density at radius 3 is 2.42 bits per heavy atom. The molecular weight excluding hydrogens is 587 g/mol. The lowest BCUT2D eigenvalue weighted by Crippen LogP contribution is -2.51. The normalized spacial score (nSPS) is 16.5. The van der Waals surface area contributed by atoms with Gasteiger partial charge in [0.1, 0.15) is 5.39 Å². The number of nitrogens with zero attached hydrogens (tertiary/aromatic N) is 3. The van der Waals surface area contributed by atoms with Gasteiger partial charge in [0.15, 0.2) is 5.11 Å². The molecule has 1 saturated heterocycles. The van der Waals surface area contributed by atoms with E-state index in [0.29, 0.717) is 71.8 Å². The molecule has 40 heavy (non-hydrogen) atoms. The second kappa shape index (κ2) is 9.93. The fourth-order valence-corrected chi connectivity index (χ4v) is 6.78. The average molecular weight is 611 g/mol. The van der Waals surface area contributed by atoms with Gasteiger partial charge in [-0.1, -0.05) is 16.6 Å². The molecule has 4 N–H and O–H groups in total. The Morgan fingerprint density at radius 2 is 1.77 bits per heavy atom. The van der Waals surface area contributed by atoms with E-state index in [4.69, 9.17) is 23.8 Å². The van der Waals surface area contributed by atoms with Crippen LogP contribution >= 0.6 is 23.8 Å². The van der Waals surface area contributed by atoms with Gasteiger partial charge < -0.3 is 15.2 Å². The third kappa shape index (κ3) is 5.22. The average Bonchev–Trinajstić information content (AvgIpc) is 3.71. The molecule has 210 valence electrons. The number of benzene rings is 2. The number of rotatable bonds is 5. The predicted octanol–water partition coefficient (Wildman–Crippen LogP) is 4.63. The molecule has 2 fully saturated rings. The molecule has 4 aromatic rings. The number of piperazine rings is 1. The van der Waals surface area contributed by atoms with Gasteiger partial charge in [0, 0.05) is 22.3 Å². The van der Waals surface area contributed by atoms with Crippen molar-refractivity contribution < 1.29 is 26.6 Å². The van der Waals surface area contributed by atoms with Crippen LogP contribution in [-0.2, 0) is 16.2 Å². The van der Waals surface area contributed by atoms with Crippen molar-refractivity contribution in [3.05, 3.63) is 53.3 Å². The Balaban J connectivity index is 1.14. The summed E-state index contributed by atoms with van der Waals surface area (Å²) in [4.78, 5) is 14.5. The van der Waals surface area contributed by atoms with Crippen LogP contribution in [0.25, 0.3) is 21.9 Å². The number of hydrogen-bond donors (Lipinski definition) is 3. The molecule has 9 nitrogen and oxygen atoms in total. The van der Waals surface area contributed by atoms with Crippen molar-refractivity contribution in [2.45, 2.75) is 24.3 Å². The Morgan fingerprint density at radius 1 is 1.10 bits per heavy atom. The molecule has 2 aliphatic rings. The third-order valence-electron chi connectivity index (χ3n) is 7.05. The van der Waals surface area contributed by atoms with Gasteiger partial charge in [0.25, 0.3) is 0 Å². The van der Waals surface area contributed by atoms with Crippen molar-refractivity contribution in [1.82, 2.24) is 14.9 Å². The van der Waals surface area contributed by atoms with Crippen molar-refractivity contribution >= 4 is 78.1 Å². The van der Waals surface area contributed by atoms with E-state index >= 15 is 0 Å². The highest BCUT2D eigenvalue weighted by Crippen LogP contribution is 2.40. The van der Waals surface area contributed by atoms with Crippen LogP contribution in [0.5, 0.6) is 0 Å². The first-order chi connectivity index (χ1) is 19.0. The Hall–Kier alpha value is -3.36. The van der Waals surface area contributed by atoms with Gasteiger partial charge >= 0.3 is 6.18 Å². The lowest BCUT2D eigenvalue weighted by Gasteiger charge is -2.34. The fourth-order valence-electron chi connectivity index (χ4n) is 4.82. The van der Waals surface area contributed by atoms with Gasteiger partial charge in [-0.05, 0) is 61.5 Å². The number of nitrogens with one attached hydrogen (secondary N) is 4. The maximum absolute atomic E-state index is 13.4. The zero-order chi connectivity index (χ0) is 28.2. The Kier molecular flexibility index (Phi) is 6.66. The second-order valence-corrected chi connectivity index (χ2v) is 12.6. The van der Waals surface area contributed by atoms with Crippen LogP contribution in [0, 0.1) is 0 Å². The smallest absolute Gasteiger partial charge is 0.343 e. The molecule has 1 saturated carbocycles. The first-order valence-electron chi connectivity index (χ1n) is 12.5. The molecule has 2 aromatic carbocycles. The summed E-state index contributed by atoms with van der Waals surface area (Å²) in [6, 6.07) is 9.26. The standard InChI is InChI=1S/C25H23ClF3N7O2S2/c26-19-11-17-20(12-18(19)25(27,28)29)33-22-21(17)23(31-13-30-22)35-7-9-36(10-8-35)24(39)32-14-1-3-15(4-2-14)34-40(37,38)16-5-6-16/h1-4,11-13,16,34H,5-10H2,(H,32,39)(H,30,31,33)/p+1. The van der Waals surface area contributed by atoms with Crippen LogP contribution in [0.1, 0.15) is 18.4 Å². The molecule has 0 unspecified atom stereocenters. The molecular formula is C25H24ClF3N7O2S2+. The number of halogens is 4. The van der Waals surface area contributed by atoms with Crippen LogP contribution in [0.2, 0.25) is 5.02 Å². The van der Waals surface area contributed by atoms with Crippen LogP contribution in [0.3, 0.4) is 0 Å². The zero-order valence-electron chi connectivity index (χ0n) is 20.8. The van der Waals surface area contributed by atoms with Crippen molar-refractivity contribution in [3.63, 3.8) is 0 Å². The van der Waals surface area contributed by atoms with Crippen molar-refractivity contribution in [1.29, 1.82) is 0 Å². The first-order valence-corrected chi connectivity index (χ1v) is 14.8. The van der Waals surface area contributed by atoms with Gasteiger partial charge in [-0.25, -0.2) is 13.4 Å². The summed E-state index contributed by atoms with van der Waals surface area (Å²) in [5.41, 5.74) is 1.10. The minimum Gasteiger partial charge on any atom is -0.343 e. The number of H-pyrrole nitrogens is 2. The number of fused-ring (bicyclic) bond motifs is 3. The minimum absolute atomic E-state index is 0.298. The van der Waals surface area contributed by atoms with Crippen LogP contribution in [0.4, 0.5) is 30.4 Å². The highest BCUT2D eigenvalue weighted by atomic mass is 35.5. The molecule has 1 aliphatic carbocycles. The van der Waals surface area contributed by atoms with Crippen molar-refractivity contribution in [2.24, 2.45) is 0 Å². The molecule has 1 aliphatic heterocycles. The fraction of sp³-hybridized carbons (Fsp3) is 0.320. The molecule has 6 rings (SSSR count). The number of aromatic amines is 2. The Bertz CT molecular complexity index is 1720. The molecule has 15 heteroatoms. The zero-order valence-corrected chi connectivity index (χ0v) is 23.2. The van der Waals surface area contributed by atoms with Gasteiger partial charge in [-0.3, -0.25) is 9.62 Å². The van der Waals surface area contributed by atoms with E-state index in [9.17, 15) is 21.6 Å². The molecule has 2 aromatic heterocycles. The number of anilines is 3. The SMILES string of the molecule is O=S(=O)(Nc1ccc(NC(=S)N2CCN(c3[nH+]cnc4[nH]c5cc(C(F)(F)F)c(Cl)cc5c34)CC2)cc1)C1CC1. The number of alkyl halides is 3. The molecule has 0 bridgehead atoms. The minimum atomic E-state index is -4.57. The summed E-state index contributed by atoms with van der Waals surface area (Å²) in [5, 5.41) is 4.28. The summed E-state index contributed by atoms with van der Waals surface area (Å²) in [5.74, 6) is 0.731. The summed E-state index contributed by atoms with van der Waals surface area (Å²) in [7, 11) is -3.32. The third-order valence-corrected chi connectivity index (χ3v) is 9.59. The van der Waals surface area contributed by atoms with E-state index < -0.39 is 21.8 Å². The van der Waals surface area contributed by atoms with E-state index in [1.165, 1.54) is 12.4 Å². The van der Waals surface area contributed by atoms with E-state index in [0.717, 1.165) is 17.6 Å². The summed E-state index contributed by atoms with van der Waals surface area (Å²) < 4.78 is 67.0. The van der Waals surface area contributed by atoms with Crippen LogP contribution in [0.15, 0.2) is 42.7 Å². The highest BCUT2D eigenvalue weighted by Gasteiger charge is 2.36. The highest BCUT2D eigenvalue weighted by molar-refractivity contribution is 7.93. The van der Waals surface area contributed by atoms with E-state index in [1.807, 2.05) is 4.90 Å². The lowest BCUT2D eigenvalue weighted by molar-refractivity contribution is -0.367. The largest absolute Gasteiger partial charge is 0.417 e. The van der Waals surface area contributed by atoms with Crippen LogP contribution in [-0.4, -0.2) is 59.8 Å². The van der Waals surface area contributed by atoms with E-state index in [2.05, 4.69) is 29.9 Å². The van der Waals surface area contributed by atoms with Gasteiger partial charge in [-0.15, -0.1) is 0 Å². The maximum Gasteiger partial charge on any atom is 0.417 e. The predicted molar refractivity (Wildman–Crippen MR) is 152 cm³/mol. The molecule has 0 amide bonds. The molecule has 0 radical (unpaired) electrons. The number of sulfonamides is 1. The number of aromatic nitrogens is 3. The van der Waals surface area contributed by atoms with Crippen LogP contribution < -0.4 is 19.9 Å². The molecule has 3 heterocycles. The van der Waals surface area contributed by atoms with Gasteiger partial charge in [0.2, 0.25) is 27.8 Å². The van der Waals surface area contributed by atoms with Gasteiger partial charge in [0.05, 0.1) is 42.0 Å². The second-order valence-electron chi connectivity index (χ2n) is 9.80. The van der Waals surface area contributed by atoms with E-state index in [1.54, 1.807) is 24.3 Å². The lowest BCUT2D eigenvalue weighted by atomic mass is 10.1. The molecule has 0 spiro atoms. The summed E-state index contributed by atoms with van der Waals surface area (Å²) in [6.07, 6.45) is -1.67. The number of thiocarbonyl (C=S) groups is 1. The number of hydrogen-bond acceptors (Lipinski definition) is 5. The van der Waals surface area contributed by atoms with E-state index in [-0.39, 0.29) is 10.3 Å².